The molecule has 14 heavy (non-hydrogen) atoms. The normalized spacial score (nSPS) is 12.0. The Morgan fingerprint density at radius 1 is 1.14 bits per heavy atom. The summed E-state index contributed by atoms with van der Waals surface area (Å²) in [5.74, 6) is -0.203. The quantitative estimate of drug-likeness (QED) is 0.711. The van der Waals surface area contributed by atoms with Gasteiger partial charge in [-0.25, -0.2) is 0 Å². The van der Waals surface area contributed by atoms with E-state index in [1.165, 1.54) is 12.1 Å². The van der Waals surface area contributed by atoms with Gasteiger partial charge in [0.2, 0.25) is 0 Å². The highest BCUT2D eigenvalue weighted by molar-refractivity contribution is 5.50. The number of rotatable bonds is 2. The molecular weight excluding hydrogens is 193 g/mol. The molecule has 0 amide bonds. The van der Waals surface area contributed by atoms with Gasteiger partial charge in [0, 0.05) is 0 Å². The van der Waals surface area contributed by atoms with E-state index in [-0.39, 0.29) is 5.75 Å². The van der Waals surface area contributed by atoms with Crippen LogP contribution in [0.3, 0.4) is 0 Å². The van der Waals surface area contributed by atoms with Gasteiger partial charge in [-0.05, 0) is 24.6 Å². The van der Waals surface area contributed by atoms with Crippen molar-refractivity contribution in [2.24, 2.45) is 0 Å². The minimum absolute atomic E-state index is 0.203. The van der Waals surface area contributed by atoms with Crippen LogP contribution in [0, 0.1) is 0 Å². The predicted molar refractivity (Wildman–Crippen MR) is 47.8 cm³/mol. The molecule has 0 aliphatic carbocycles. The SMILES string of the molecule is CC=Cc1ccc(OC(F)(F)F)cc1. The van der Waals surface area contributed by atoms with Crippen LogP contribution in [0.4, 0.5) is 13.2 Å². The van der Waals surface area contributed by atoms with Gasteiger partial charge >= 0.3 is 6.36 Å². The molecular formula is C10H9F3O. The fourth-order valence-electron chi connectivity index (χ4n) is 0.973. The summed E-state index contributed by atoms with van der Waals surface area (Å²) in [5, 5.41) is 0. The first-order valence-electron chi connectivity index (χ1n) is 4.00. The molecule has 4 heteroatoms. The molecule has 1 aromatic carbocycles. The molecule has 0 radical (unpaired) electrons. The van der Waals surface area contributed by atoms with E-state index in [4.69, 9.17) is 0 Å². The third kappa shape index (κ3) is 3.51. The number of halogens is 3. The van der Waals surface area contributed by atoms with E-state index in [9.17, 15) is 13.2 Å². The molecule has 0 saturated carbocycles. The summed E-state index contributed by atoms with van der Waals surface area (Å²) in [6, 6.07) is 5.67. The molecule has 0 N–H and O–H groups in total. The molecule has 0 atom stereocenters. The van der Waals surface area contributed by atoms with Gasteiger partial charge in [-0.2, -0.15) is 0 Å². The maximum absolute atomic E-state index is 11.8. The zero-order valence-electron chi connectivity index (χ0n) is 7.51. The van der Waals surface area contributed by atoms with Crippen LogP contribution in [0.5, 0.6) is 5.75 Å². The van der Waals surface area contributed by atoms with E-state index >= 15 is 0 Å². The van der Waals surface area contributed by atoms with Crippen LogP contribution in [0.2, 0.25) is 0 Å². The maximum atomic E-state index is 11.8. The van der Waals surface area contributed by atoms with Gasteiger partial charge in [-0.3, -0.25) is 0 Å². The largest absolute Gasteiger partial charge is 0.573 e. The summed E-state index contributed by atoms with van der Waals surface area (Å²) in [7, 11) is 0. The Bertz CT molecular complexity index is 311. The van der Waals surface area contributed by atoms with Crippen LogP contribution in [0.15, 0.2) is 30.3 Å². The number of ether oxygens (including phenoxy) is 1. The number of hydrogen-bond acceptors (Lipinski definition) is 1. The summed E-state index contributed by atoms with van der Waals surface area (Å²) in [5.41, 5.74) is 0.835. The van der Waals surface area contributed by atoms with E-state index < -0.39 is 6.36 Å². The van der Waals surface area contributed by atoms with Crippen molar-refractivity contribution >= 4 is 6.08 Å². The van der Waals surface area contributed by atoms with Crippen LogP contribution in [0.25, 0.3) is 6.08 Å². The lowest BCUT2D eigenvalue weighted by atomic mass is 10.2. The van der Waals surface area contributed by atoms with Crippen molar-refractivity contribution < 1.29 is 17.9 Å². The average Bonchev–Trinajstić information content (AvgIpc) is 2.06. The lowest BCUT2D eigenvalue weighted by Gasteiger charge is -2.08. The Kier molecular flexibility index (Phi) is 3.17. The van der Waals surface area contributed by atoms with Crippen LogP contribution < -0.4 is 4.74 Å². The van der Waals surface area contributed by atoms with Crippen molar-refractivity contribution in [3.05, 3.63) is 35.9 Å². The zero-order valence-corrected chi connectivity index (χ0v) is 7.51. The van der Waals surface area contributed by atoms with E-state index in [0.717, 1.165) is 5.56 Å². The summed E-state index contributed by atoms with van der Waals surface area (Å²) >= 11 is 0. The standard InChI is InChI=1S/C10H9F3O/c1-2-3-8-4-6-9(7-5-8)14-10(11,12)13/h2-7H,1H3. The molecule has 0 fully saturated rings. The number of alkyl halides is 3. The molecule has 1 nitrogen and oxygen atoms in total. The number of benzene rings is 1. The molecule has 1 aromatic rings. The molecule has 0 bridgehead atoms. The third-order valence-corrected chi connectivity index (χ3v) is 1.47. The first-order valence-corrected chi connectivity index (χ1v) is 4.00. The summed E-state index contributed by atoms with van der Waals surface area (Å²) in [6.45, 7) is 1.83. The molecule has 76 valence electrons. The Morgan fingerprint density at radius 2 is 1.71 bits per heavy atom. The number of allylic oxidation sites excluding steroid dienone is 1. The molecule has 0 saturated heterocycles. The van der Waals surface area contributed by atoms with E-state index in [2.05, 4.69) is 4.74 Å². The fraction of sp³-hybridized carbons (Fsp3) is 0.200. The summed E-state index contributed by atoms with van der Waals surface area (Å²) in [6.07, 6.45) is -1.03. The highest BCUT2D eigenvalue weighted by Crippen LogP contribution is 2.22. The van der Waals surface area contributed by atoms with Crippen molar-refractivity contribution in [2.45, 2.75) is 13.3 Å². The molecule has 0 spiro atoms. The molecule has 0 aromatic heterocycles. The van der Waals surface area contributed by atoms with Crippen molar-refractivity contribution in [3.8, 4) is 5.75 Å². The number of hydrogen-bond donors (Lipinski definition) is 0. The van der Waals surface area contributed by atoms with Gasteiger partial charge in [0.25, 0.3) is 0 Å². The van der Waals surface area contributed by atoms with Gasteiger partial charge in [0.05, 0.1) is 0 Å². The summed E-state index contributed by atoms with van der Waals surface area (Å²) < 4.78 is 39.0. The smallest absolute Gasteiger partial charge is 0.406 e. The van der Waals surface area contributed by atoms with Crippen molar-refractivity contribution in [2.75, 3.05) is 0 Å². The minimum atomic E-state index is -4.62. The fourth-order valence-corrected chi connectivity index (χ4v) is 0.973. The first kappa shape index (κ1) is 10.6. The predicted octanol–water partition coefficient (Wildman–Crippen LogP) is 3.62. The lowest BCUT2D eigenvalue weighted by Crippen LogP contribution is -2.16. The van der Waals surface area contributed by atoms with Gasteiger partial charge in [-0.15, -0.1) is 13.2 Å². The van der Waals surface area contributed by atoms with Crippen LogP contribution >= 0.6 is 0 Å². The topological polar surface area (TPSA) is 9.23 Å². The average molecular weight is 202 g/mol. The van der Waals surface area contributed by atoms with Crippen LogP contribution in [-0.4, -0.2) is 6.36 Å². The van der Waals surface area contributed by atoms with Crippen molar-refractivity contribution in [1.29, 1.82) is 0 Å². The lowest BCUT2D eigenvalue weighted by molar-refractivity contribution is -0.274. The molecule has 0 aliphatic heterocycles. The summed E-state index contributed by atoms with van der Waals surface area (Å²) in [4.78, 5) is 0. The molecule has 0 aliphatic rings. The highest BCUT2D eigenvalue weighted by Gasteiger charge is 2.30. The van der Waals surface area contributed by atoms with Crippen LogP contribution in [-0.2, 0) is 0 Å². The molecule has 0 heterocycles. The Hall–Kier alpha value is -1.45. The van der Waals surface area contributed by atoms with Gasteiger partial charge in [0.15, 0.2) is 0 Å². The van der Waals surface area contributed by atoms with Crippen LogP contribution in [0.1, 0.15) is 12.5 Å². The van der Waals surface area contributed by atoms with Gasteiger partial charge in [0.1, 0.15) is 5.75 Å². The Labute approximate surface area is 79.8 Å². The van der Waals surface area contributed by atoms with Crippen molar-refractivity contribution in [3.63, 3.8) is 0 Å². The molecule has 0 unspecified atom stereocenters. The second-order valence-corrected chi connectivity index (χ2v) is 2.62. The monoisotopic (exact) mass is 202 g/mol. The second kappa shape index (κ2) is 4.17. The van der Waals surface area contributed by atoms with E-state index in [1.54, 1.807) is 24.3 Å². The second-order valence-electron chi connectivity index (χ2n) is 2.62. The Morgan fingerprint density at radius 3 is 2.14 bits per heavy atom. The molecule has 1 rings (SSSR count). The van der Waals surface area contributed by atoms with E-state index in [1.807, 2.05) is 6.92 Å². The van der Waals surface area contributed by atoms with Crippen molar-refractivity contribution in [1.82, 2.24) is 0 Å². The van der Waals surface area contributed by atoms with Gasteiger partial charge < -0.3 is 4.74 Å². The first-order chi connectivity index (χ1) is 6.51. The van der Waals surface area contributed by atoms with E-state index in [0.29, 0.717) is 0 Å². The third-order valence-electron chi connectivity index (χ3n) is 1.47. The highest BCUT2D eigenvalue weighted by atomic mass is 19.4. The van der Waals surface area contributed by atoms with Gasteiger partial charge in [-0.1, -0.05) is 24.3 Å². The Balaban J connectivity index is 2.74. The zero-order chi connectivity index (χ0) is 10.6. The maximum Gasteiger partial charge on any atom is 0.573 e. The minimum Gasteiger partial charge on any atom is -0.406 e.